The Bertz CT molecular complexity index is 647. The summed E-state index contributed by atoms with van der Waals surface area (Å²) >= 11 is 6.55. The number of hydrogen-bond acceptors (Lipinski definition) is 2. The SMILES string of the molecule is Cc1oc(C)c(C(=O)NCc2cc(F)cc(Br)c2)c1Br. The molecule has 1 aromatic carbocycles. The van der Waals surface area contributed by atoms with E-state index in [0.29, 0.717) is 31.6 Å². The van der Waals surface area contributed by atoms with Gasteiger partial charge in [-0.15, -0.1) is 0 Å². The smallest absolute Gasteiger partial charge is 0.256 e. The molecule has 0 saturated carbocycles. The van der Waals surface area contributed by atoms with Gasteiger partial charge in [0.1, 0.15) is 17.3 Å². The molecule has 2 rings (SSSR count). The number of halogens is 3. The van der Waals surface area contributed by atoms with Gasteiger partial charge < -0.3 is 9.73 Å². The third-order valence-corrected chi connectivity index (χ3v) is 4.20. The van der Waals surface area contributed by atoms with Crippen molar-refractivity contribution in [1.82, 2.24) is 5.32 Å². The molecule has 1 amide bonds. The molecule has 0 radical (unpaired) electrons. The maximum Gasteiger partial charge on any atom is 0.256 e. The Morgan fingerprint density at radius 2 is 1.95 bits per heavy atom. The predicted molar refractivity (Wildman–Crippen MR) is 81.2 cm³/mol. The van der Waals surface area contributed by atoms with Crippen molar-refractivity contribution in [3.8, 4) is 0 Å². The number of aryl methyl sites for hydroxylation is 2. The van der Waals surface area contributed by atoms with Crippen molar-refractivity contribution in [1.29, 1.82) is 0 Å². The second-order valence-corrected chi connectivity index (χ2v) is 6.07. The van der Waals surface area contributed by atoms with E-state index in [0.717, 1.165) is 0 Å². The zero-order valence-electron chi connectivity index (χ0n) is 10.9. The number of hydrogen-bond donors (Lipinski definition) is 1. The summed E-state index contributed by atoms with van der Waals surface area (Å²) in [7, 11) is 0. The minimum absolute atomic E-state index is 0.241. The standard InChI is InChI=1S/C14H12Br2FNO2/c1-7-12(13(16)8(2)20-7)14(19)18-6-9-3-10(15)5-11(17)4-9/h3-5H,6H2,1-2H3,(H,18,19). The van der Waals surface area contributed by atoms with Crippen molar-refractivity contribution in [2.45, 2.75) is 20.4 Å². The van der Waals surface area contributed by atoms with Crippen LogP contribution in [-0.4, -0.2) is 5.91 Å². The zero-order chi connectivity index (χ0) is 14.9. The van der Waals surface area contributed by atoms with Crippen LogP contribution in [0, 0.1) is 19.7 Å². The Morgan fingerprint density at radius 3 is 2.50 bits per heavy atom. The number of carbonyl (C=O) groups excluding carboxylic acids is 1. The molecule has 1 heterocycles. The molecule has 0 spiro atoms. The molecule has 0 unspecified atom stereocenters. The minimum atomic E-state index is -0.347. The van der Waals surface area contributed by atoms with E-state index in [1.54, 1.807) is 19.9 Å². The molecule has 0 fully saturated rings. The maximum absolute atomic E-state index is 13.2. The normalized spacial score (nSPS) is 10.7. The minimum Gasteiger partial charge on any atom is -0.465 e. The van der Waals surface area contributed by atoms with Crippen LogP contribution in [0.5, 0.6) is 0 Å². The van der Waals surface area contributed by atoms with Crippen LogP contribution in [0.4, 0.5) is 4.39 Å². The topological polar surface area (TPSA) is 42.2 Å². The summed E-state index contributed by atoms with van der Waals surface area (Å²) in [6, 6.07) is 4.50. The van der Waals surface area contributed by atoms with Gasteiger partial charge in [0.05, 0.1) is 10.0 Å². The first-order valence-electron chi connectivity index (χ1n) is 5.87. The molecule has 0 atom stereocenters. The summed E-state index contributed by atoms with van der Waals surface area (Å²) < 4.78 is 19.9. The summed E-state index contributed by atoms with van der Waals surface area (Å²) in [5.74, 6) is 0.597. The van der Waals surface area contributed by atoms with Gasteiger partial charge in [-0.1, -0.05) is 15.9 Å². The molecule has 1 aromatic heterocycles. The summed E-state index contributed by atoms with van der Waals surface area (Å²) in [6.45, 7) is 3.74. The molecule has 3 nitrogen and oxygen atoms in total. The summed E-state index contributed by atoms with van der Waals surface area (Å²) in [5.41, 5.74) is 1.15. The lowest BCUT2D eigenvalue weighted by molar-refractivity contribution is 0.0948. The molecule has 0 saturated heterocycles. The highest BCUT2D eigenvalue weighted by atomic mass is 79.9. The number of amides is 1. The van der Waals surface area contributed by atoms with Crippen molar-refractivity contribution < 1.29 is 13.6 Å². The molecular formula is C14H12Br2FNO2. The number of rotatable bonds is 3. The van der Waals surface area contributed by atoms with Gasteiger partial charge in [-0.2, -0.15) is 0 Å². The Balaban J connectivity index is 2.12. The Morgan fingerprint density at radius 1 is 1.25 bits per heavy atom. The number of nitrogens with one attached hydrogen (secondary N) is 1. The molecule has 106 valence electrons. The van der Waals surface area contributed by atoms with Crippen LogP contribution in [0.1, 0.15) is 27.4 Å². The molecule has 6 heteroatoms. The van der Waals surface area contributed by atoms with Gasteiger partial charge in [-0.25, -0.2) is 4.39 Å². The molecule has 20 heavy (non-hydrogen) atoms. The van der Waals surface area contributed by atoms with Gasteiger partial charge in [-0.3, -0.25) is 4.79 Å². The van der Waals surface area contributed by atoms with Gasteiger partial charge in [-0.05, 0) is 53.5 Å². The average molecular weight is 405 g/mol. The van der Waals surface area contributed by atoms with Gasteiger partial charge in [0.2, 0.25) is 0 Å². The van der Waals surface area contributed by atoms with Gasteiger partial charge >= 0.3 is 0 Å². The summed E-state index contributed by atoms with van der Waals surface area (Å²) in [6.07, 6.45) is 0. The average Bonchev–Trinajstić information content (AvgIpc) is 2.59. The fraction of sp³-hybridized carbons (Fsp3) is 0.214. The molecule has 2 aromatic rings. The van der Waals surface area contributed by atoms with Crippen molar-refractivity contribution in [2.24, 2.45) is 0 Å². The maximum atomic E-state index is 13.2. The highest BCUT2D eigenvalue weighted by Gasteiger charge is 2.19. The second-order valence-electron chi connectivity index (χ2n) is 4.36. The fourth-order valence-corrected chi connectivity index (χ4v) is 2.95. The largest absolute Gasteiger partial charge is 0.465 e. The quantitative estimate of drug-likeness (QED) is 0.818. The molecular weight excluding hydrogens is 393 g/mol. The molecule has 0 bridgehead atoms. The molecule has 0 aliphatic rings. The Labute approximate surface area is 132 Å². The van der Waals surface area contributed by atoms with E-state index in [1.807, 2.05) is 0 Å². The first-order chi connectivity index (χ1) is 9.38. The highest BCUT2D eigenvalue weighted by Crippen LogP contribution is 2.27. The fourth-order valence-electron chi connectivity index (χ4n) is 1.90. The third kappa shape index (κ3) is 3.30. The van der Waals surface area contributed by atoms with E-state index in [-0.39, 0.29) is 18.3 Å². The van der Waals surface area contributed by atoms with Crippen molar-refractivity contribution in [2.75, 3.05) is 0 Å². The van der Waals surface area contributed by atoms with Crippen molar-refractivity contribution in [3.05, 3.63) is 55.6 Å². The summed E-state index contributed by atoms with van der Waals surface area (Å²) in [5, 5.41) is 2.75. The van der Waals surface area contributed by atoms with Crippen LogP contribution in [-0.2, 0) is 6.54 Å². The van der Waals surface area contributed by atoms with Crippen LogP contribution < -0.4 is 5.32 Å². The number of furan rings is 1. The first kappa shape index (κ1) is 15.3. The van der Waals surface area contributed by atoms with E-state index in [9.17, 15) is 9.18 Å². The van der Waals surface area contributed by atoms with Gasteiger partial charge in [0.15, 0.2) is 0 Å². The van der Waals surface area contributed by atoms with Crippen LogP contribution >= 0.6 is 31.9 Å². The lowest BCUT2D eigenvalue weighted by Gasteiger charge is -2.06. The molecule has 1 N–H and O–H groups in total. The Kier molecular flexibility index (Phi) is 4.65. The highest BCUT2D eigenvalue weighted by molar-refractivity contribution is 9.10. The lowest BCUT2D eigenvalue weighted by atomic mass is 10.2. The van der Waals surface area contributed by atoms with E-state index >= 15 is 0 Å². The molecule has 0 aliphatic carbocycles. The van der Waals surface area contributed by atoms with E-state index in [4.69, 9.17) is 4.42 Å². The number of carbonyl (C=O) groups is 1. The van der Waals surface area contributed by atoms with Crippen molar-refractivity contribution in [3.63, 3.8) is 0 Å². The first-order valence-corrected chi connectivity index (χ1v) is 7.45. The van der Waals surface area contributed by atoms with Gasteiger partial charge in [0, 0.05) is 11.0 Å². The molecule has 0 aliphatic heterocycles. The Hall–Kier alpha value is -1.14. The summed E-state index contributed by atoms with van der Waals surface area (Å²) in [4.78, 5) is 12.1. The van der Waals surface area contributed by atoms with Gasteiger partial charge in [0.25, 0.3) is 5.91 Å². The number of benzene rings is 1. The van der Waals surface area contributed by atoms with E-state index in [2.05, 4.69) is 37.2 Å². The van der Waals surface area contributed by atoms with E-state index in [1.165, 1.54) is 12.1 Å². The monoisotopic (exact) mass is 403 g/mol. The predicted octanol–water partition coefficient (Wildman–Crippen LogP) is 4.49. The lowest BCUT2D eigenvalue weighted by Crippen LogP contribution is -2.23. The van der Waals surface area contributed by atoms with Crippen LogP contribution in [0.2, 0.25) is 0 Å². The van der Waals surface area contributed by atoms with Crippen LogP contribution in [0.3, 0.4) is 0 Å². The van der Waals surface area contributed by atoms with Crippen LogP contribution in [0.25, 0.3) is 0 Å². The third-order valence-electron chi connectivity index (χ3n) is 2.79. The van der Waals surface area contributed by atoms with Crippen molar-refractivity contribution >= 4 is 37.8 Å². The zero-order valence-corrected chi connectivity index (χ0v) is 14.1. The van der Waals surface area contributed by atoms with E-state index < -0.39 is 0 Å². The van der Waals surface area contributed by atoms with Crippen LogP contribution in [0.15, 0.2) is 31.6 Å². The second kappa shape index (κ2) is 6.10.